The maximum atomic E-state index is 13.7. The molecule has 0 aromatic heterocycles. The van der Waals surface area contributed by atoms with Crippen LogP contribution in [0.3, 0.4) is 0 Å². The summed E-state index contributed by atoms with van der Waals surface area (Å²) in [4.78, 5) is 13.5. The van der Waals surface area contributed by atoms with Gasteiger partial charge in [-0.2, -0.15) is 0 Å². The molecule has 1 atom stereocenters. The van der Waals surface area contributed by atoms with Crippen molar-refractivity contribution < 1.29 is 13.9 Å². The molecule has 4 rings (SSSR count). The molecule has 1 heterocycles. The minimum absolute atomic E-state index is 0.165. The van der Waals surface area contributed by atoms with Gasteiger partial charge in [0.15, 0.2) is 0 Å². The van der Waals surface area contributed by atoms with Gasteiger partial charge in [-0.3, -0.25) is 4.79 Å². The highest BCUT2D eigenvalue weighted by atomic mass is 19.1. The van der Waals surface area contributed by atoms with Crippen LogP contribution in [0, 0.1) is 23.1 Å². The zero-order chi connectivity index (χ0) is 23.1. The third-order valence-electron chi connectivity index (χ3n) is 7.90. The van der Waals surface area contributed by atoms with Crippen LogP contribution in [0.4, 0.5) is 4.39 Å². The second-order valence-electron chi connectivity index (χ2n) is 10.2. The van der Waals surface area contributed by atoms with E-state index >= 15 is 0 Å². The maximum Gasteiger partial charge on any atom is 0.226 e. The molecular weight excluding hydrogens is 413 g/mol. The zero-order valence-corrected chi connectivity index (χ0v) is 20.0. The molecule has 0 radical (unpaired) electrons. The molecule has 2 fully saturated rings. The lowest BCUT2D eigenvalue weighted by Gasteiger charge is -2.36. The van der Waals surface area contributed by atoms with Crippen molar-refractivity contribution in [2.75, 3.05) is 19.8 Å². The third kappa shape index (κ3) is 6.23. The number of rotatable bonds is 8. The molecule has 1 aliphatic heterocycles. The number of hydrogen-bond acceptors (Lipinski definition) is 2. The Bertz CT molecular complexity index is 915. The zero-order valence-electron chi connectivity index (χ0n) is 20.0. The summed E-state index contributed by atoms with van der Waals surface area (Å²) in [6, 6.07) is 14.9. The summed E-state index contributed by atoms with van der Waals surface area (Å²) in [5, 5.41) is 3.29. The molecule has 2 aromatic rings. The van der Waals surface area contributed by atoms with Crippen LogP contribution in [0.15, 0.2) is 48.5 Å². The highest BCUT2D eigenvalue weighted by molar-refractivity contribution is 5.83. The standard InChI is InChI=1S/C29H38FNO2/c1-22(24-8-3-2-4-9-24)13-16-31-28(32)29(14-17-33-18-15-29)21-23-7-5-10-25(19-23)26-11-6-12-27(30)20-26/h5-7,10-12,19-20,22,24H,2-4,8-9,13-18,21H2,1H3,(H,31,32)/t22-/m0/s1. The molecule has 1 saturated carbocycles. The molecule has 2 aromatic carbocycles. The van der Waals surface area contributed by atoms with Gasteiger partial charge in [0.1, 0.15) is 5.82 Å². The Labute approximate surface area is 198 Å². The third-order valence-corrected chi connectivity index (χ3v) is 7.90. The normalized spacial score (nSPS) is 19.7. The van der Waals surface area contributed by atoms with Crippen molar-refractivity contribution in [3.8, 4) is 11.1 Å². The maximum absolute atomic E-state index is 13.7. The van der Waals surface area contributed by atoms with Crippen LogP contribution in [-0.4, -0.2) is 25.7 Å². The Morgan fingerprint density at radius 2 is 1.76 bits per heavy atom. The van der Waals surface area contributed by atoms with E-state index in [1.807, 2.05) is 18.2 Å². The first kappa shape index (κ1) is 23.9. The van der Waals surface area contributed by atoms with E-state index in [-0.39, 0.29) is 11.7 Å². The van der Waals surface area contributed by atoms with Gasteiger partial charge in [0.2, 0.25) is 5.91 Å². The van der Waals surface area contributed by atoms with Gasteiger partial charge in [-0.1, -0.05) is 75.4 Å². The Morgan fingerprint density at radius 1 is 1.06 bits per heavy atom. The van der Waals surface area contributed by atoms with Crippen LogP contribution in [0.2, 0.25) is 0 Å². The lowest BCUT2D eigenvalue weighted by Crippen LogP contribution is -2.46. The van der Waals surface area contributed by atoms with Crippen molar-refractivity contribution in [3.63, 3.8) is 0 Å². The van der Waals surface area contributed by atoms with Crippen molar-refractivity contribution in [1.29, 1.82) is 0 Å². The number of carbonyl (C=O) groups excluding carboxylic acids is 1. The Morgan fingerprint density at radius 3 is 2.48 bits per heavy atom. The summed E-state index contributed by atoms with van der Waals surface area (Å²) < 4.78 is 19.3. The van der Waals surface area contributed by atoms with Gasteiger partial charge in [-0.25, -0.2) is 4.39 Å². The molecule has 3 nitrogen and oxygen atoms in total. The predicted octanol–water partition coefficient (Wildman–Crippen LogP) is 6.55. The Kier molecular flexibility index (Phi) is 8.19. The second kappa shape index (κ2) is 11.3. The van der Waals surface area contributed by atoms with E-state index < -0.39 is 5.41 Å². The van der Waals surface area contributed by atoms with Crippen molar-refractivity contribution in [1.82, 2.24) is 5.32 Å². The van der Waals surface area contributed by atoms with Gasteiger partial charge in [-0.05, 0) is 66.3 Å². The monoisotopic (exact) mass is 451 g/mol. The summed E-state index contributed by atoms with van der Waals surface area (Å²) in [6.45, 7) is 4.34. The molecular formula is C29H38FNO2. The molecule has 4 heteroatoms. The van der Waals surface area contributed by atoms with E-state index in [0.29, 0.717) is 25.6 Å². The number of ether oxygens (including phenoxy) is 1. The van der Waals surface area contributed by atoms with Gasteiger partial charge in [-0.15, -0.1) is 0 Å². The van der Waals surface area contributed by atoms with Gasteiger partial charge in [0.05, 0.1) is 5.41 Å². The molecule has 1 aliphatic carbocycles. The van der Waals surface area contributed by atoms with E-state index in [0.717, 1.165) is 48.4 Å². The number of amides is 1. The van der Waals surface area contributed by atoms with E-state index in [1.54, 1.807) is 12.1 Å². The molecule has 178 valence electrons. The van der Waals surface area contributed by atoms with Gasteiger partial charge in [0, 0.05) is 19.8 Å². The molecule has 0 spiro atoms. The van der Waals surface area contributed by atoms with Crippen molar-refractivity contribution in [2.24, 2.45) is 17.3 Å². The molecule has 33 heavy (non-hydrogen) atoms. The molecule has 1 saturated heterocycles. The number of nitrogens with one attached hydrogen (secondary N) is 1. The average molecular weight is 452 g/mol. The van der Waals surface area contributed by atoms with Gasteiger partial charge in [0.25, 0.3) is 0 Å². The summed E-state index contributed by atoms with van der Waals surface area (Å²) in [5.41, 5.74) is 2.52. The van der Waals surface area contributed by atoms with Crippen LogP contribution in [-0.2, 0) is 16.0 Å². The van der Waals surface area contributed by atoms with Crippen LogP contribution < -0.4 is 5.32 Å². The largest absolute Gasteiger partial charge is 0.381 e. The van der Waals surface area contributed by atoms with Crippen LogP contribution in [0.1, 0.15) is 63.9 Å². The number of halogens is 1. The van der Waals surface area contributed by atoms with E-state index in [1.165, 1.54) is 38.2 Å². The van der Waals surface area contributed by atoms with Crippen molar-refractivity contribution in [2.45, 2.75) is 64.7 Å². The molecule has 1 N–H and O–H groups in total. The predicted molar refractivity (Wildman–Crippen MR) is 131 cm³/mol. The first-order valence-corrected chi connectivity index (χ1v) is 12.8. The van der Waals surface area contributed by atoms with E-state index in [4.69, 9.17) is 4.74 Å². The summed E-state index contributed by atoms with van der Waals surface area (Å²) in [6.07, 6.45) is 10.0. The minimum Gasteiger partial charge on any atom is -0.381 e. The fraction of sp³-hybridized carbons (Fsp3) is 0.552. The van der Waals surface area contributed by atoms with Crippen LogP contribution >= 0.6 is 0 Å². The van der Waals surface area contributed by atoms with Crippen LogP contribution in [0.25, 0.3) is 11.1 Å². The number of benzene rings is 2. The lowest BCUT2D eigenvalue weighted by atomic mass is 9.74. The highest BCUT2D eigenvalue weighted by Crippen LogP contribution is 2.36. The Hall–Kier alpha value is -2.20. The molecule has 2 aliphatic rings. The number of carbonyl (C=O) groups is 1. The minimum atomic E-state index is -0.438. The van der Waals surface area contributed by atoms with E-state index in [2.05, 4.69) is 24.4 Å². The molecule has 1 amide bonds. The van der Waals surface area contributed by atoms with E-state index in [9.17, 15) is 9.18 Å². The van der Waals surface area contributed by atoms with Gasteiger partial charge < -0.3 is 10.1 Å². The van der Waals surface area contributed by atoms with Crippen LogP contribution in [0.5, 0.6) is 0 Å². The Balaban J connectivity index is 1.41. The first-order chi connectivity index (χ1) is 16.1. The fourth-order valence-electron chi connectivity index (χ4n) is 5.71. The average Bonchev–Trinajstić information content (AvgIpc) is 2.85. The first-order valence-electron chi connectivity index (χ1n) is 12.8. The fourth-order valence-corrected chi connectivity index (χ4v) is 5.71. The molecule has 0 bridgehead atoms. The second-order valence-corrected chi connectivity index (χ2v) is 10.2. The van der Waals surface area contributed by atoms with Crippen molar-refractivity contribution in [3.05, 3.63) is 59.9 Å². The number of hydrogen-bond donors (Lipinski definition) is 1. The SMILES string of the molecule is C[C@@H](CCNC(=O)C1(Cc2cccc(-c3cccc(F)c3)c2)CCOCC1)C1CCCCC1. The van der Waals surface area contributed by atoms with Gasteiger partial charge >= 0.3 is 0 Å². The smallest absolute Gasteiger partial charge is 0.226 e. The summed E-state index contributed by atoms with van der Waals surface area (Å²) >= 11 is 0. The highest BCUT2D eigenvalue weighted by Gasteiger charge is 2.40. The lowest BCUT2D eigenvalue weighted by molar-refractivity contribution is -0.136. The topological polar surface area (TPSA) is 38.3 Å². The summed E-state index contributed by atoms with van der Waals surface area (Å²) in [5.74, 6) is 1.41. The molecule has 0 unspecified atom stereocenters. The quantitative estimate of drug-likeness (QED) is 0.494. The summed E-state index contributed by atoms with van der Waals surface area (Å²) in [7, 11) is 0. The van der Waals surface area contributed by atoms with Crippen molar-refractivity contribution >= 4 is 5.91 Å².